The van der Waals surface area contributed by atoms with Gasteiger partial charge in [0.05, 0.1) is 5.54 Å². The Kier molecular flexibility index (Phi) is 2.16. The highest BCUT2D eigenvalue weighted by Crippen LogP contribution is 2.54. The number of hydrogen-bond acceptors (Lipinski definition) is 3. The molecule has 0 bridgehead atoms. The average molecular weight is 211 g/mol. The van der Waals surface area contributed by atoms with Gasteiger partial charge in [0.1, 0.15) is 12.2 Å². The van der Waals surface area contributed by atoms with Crippen LogP contribution >= 0.6 is 0 Å². The summed E-state index contributed by atoms with van der Waals surface area (Å²) in [5, 5.41) is 0. The summed E-state index contributed by atoms with van der Waals surface area (Å²) in [6.45, 7) is 11.3. The Morgan fingerprint density at radius 3 is 2.13 bits per heavy atom. The fourth-order valence-corrected chi connectivity index (χ4v) is 2.50. The Bertz CT molecular complexity index is 305. The molecule has 1 atom stereocenters. The third-order valence-electron chi connectivity index (χ3n) is 3.74. The van der Waals surface area contributed by atoms with E-state index in [1.165, 1.54) is 0 Å². The van der Waals surface area contributed by atoms with Crippen LogP contribution in [0.2, 0.25) is 0 Å². The standard InChI is InChI=1S/C12H21NO2/c1-6-12(7-2)11(5,15-12)9-13-10(3,4)8-14-9/h6-8H2,1-5H3. The van der Waals surface area contributed by atoms with Crippen molar-refractivity contribution in [2.24, 2.45) is 4.99 Å². The van der Waals surface area contributed by atoms with Crippen LogP contribution in [0.15, 0.2) is 4.99 Å². The Morgan fingerprint density at radius 1 is 1.20 bits per heavy atom. The maximum absolute atomic E-state index is 5.91. The van der Waals surface area contributed by atoms with Crippen molar-refractivity contribution in [3.63, 3.8) is 0 Å². The van der Waals surface area contributed by atoms with Crippen LogP contribution in [0, 0.1) is 0 Å². The number of hydrogen-bond donors (Lipinski definition) is 0. The summed E-state index contributed by atoms with van der Waals surface area (Å²) in [4.78, 5) is 4.61. The molecule has 3 heteroatoms. The molecule has 0 N–H and O–H groups in total. The number of nitrogens with zero attached hydrogens (tertiary/aromatic N) is 1. The fraction of sp³-hybridized carbons (Fsp3) is 0.917. The molecule has 0 saturated carbocycles. The van der Waals surface area contributed by atoms with Gasteiger partial charge in [0, 0.05) is 0 Å². The summed E-state index contributed by atoms with van der Waals surface area (Å²) < 4.78 is 11.6. The van der Waals surface area contributed by atoms with Crippen LogP contribution < -0.4 is 0 Å². The molecule has 86 valence electrons. The lowest BCUT2D eigenvalue weighted by atomic mass is 9.89. The van der Waals surface area contributed by atoms with Gasteiger partial charge in [-0.15, -0.1) is 0 Å². The number of aliphatic imine (C=N–C) groups is 1. The fourth-order valence-electron chi connectivity index (χ4n) is 2.50. The van der Waals surface area contributed by atoms with E-state index in [1.54, 1.807) is 0 Å². The minimum Gasteiger partial charge on any atom is -0.476 e. The lowest BCUT2D eigenvalue weighted by molar-refractivity contribution is 0.243. The van der Waals surface area contributed by atoms with Gasteiger partial charge >= 0.3 is 0 Å². The molecule has 2 aliphatic heterocycles. The third kappa shape index (κ3) is 1.40. The molecule has 0 spiro atoms. The van der Waals surface area contributed by atoms with Crippen LogP contribution in [-0.4, -0.2) is 29.2 Å². The molecule has 0 amide bonds. The van der Waals surface area contributed by atoms with Crippen LogP contribution in [0.4, 0.5) is 0 Å². The van der Waals surface area contributed by atoms with Gasteiger partial charge in [0.25, 0.3) is 0 Å². The van der Waals surface area contributed by atoms with E-state index in [4.69, 9.17) is 9.47 Å². The van der Waals surface area contributed by atoms with Crippen LogP contribution in [0.3, 0.4) is 0 Å². The van der Waals surface area contributed by atoms with Gasteiger partial charge in [-0.3, -0.25) is 0 Å². The zero-order valence-electron chi connectivity index (χ0n) is 10.4. The van der Waals surface area contributed by atoms with Gasteiger partial charge in [-0.25, -0.2) is 4.99 Å². The maximum Gasteiger partial charge on any atom is 0.220 e. The van der Waals surface area contributed by atoms with Crippen molar-refractivity contribution in [2.75, 3.05) is 6.61 Å². The second-order valence-electron chi connectivity index (χ2n) is 5.35. The first-order valence-corrected chi connectivity index (χ1v) is 5.82. The molecular weight excluding hydrogens is 190 g/mol. The van der Waals surface area contributed by atoms with Crippen LogP contribution in [0.25, 0.3) is 0 Å². The lowest BCUT2D eigenvalue weighted by Gasteiger charge is -2.12. The van der Waals surface area contributed by atoms with Crippen molar-refractivity contribution in [1.82, 2.24) is 0 Å². The van der Waals surface area contributed by atoms with Crippen LogP contribution in [0.5, 0.6) is 0 Å². The maximum atomic E-state index is 5.91. The number of rotatable bonds is 3. The second kappa shape index (κ2) is 2.97. The number of epoxide rings is 1. The molecule has 1 fully saturated rings. The largest absolute Gasteiger partial charge is 0.476 e. The minimum atomic E-state index is -0.274. The molecule has 15 heavy (non-hydrogen) atoms. The lowest BCUT2D eigenvalue weighted by Crippen LogP contribution is -2.31. The van der Waals surface area contributed by atoms with Crippen molar-refractivity contribution in [1.29, 1.82) is 0 Å². The Hall–Kier alpha value is -0.570. The molecule has 0 aromatic heterocycles. The minimum absolute atomic E-state index is 0.0355. The predicted molar refractivity (Wildman–Crippen MR) is 60.3 cm³/mol. The smallest absolute Gasteiger partial charge is 0.220 e. The van der Waals surface area contributed by atoms with Crippen molar-refractivity contribution < 1.29 is 9.47 Å². The van der Waals surface area contributed by atoms with Crippen molar-refractivity contribution in [3.8, 4) is 0 Å². The molecule has 1 unspecified atom stereocenters. The van der Waals surface area contributed by atoms with E-state index in [2.05, 4.69) is 39.6 Å². The third-order valence-corrected chi connectivity index (χ3v) is 3.74. The molecule has 2 heterocycles. The van der Waals surface area contributed by atoms with Gasteiger partial charge in [-0.05, 0) is 33.6 Å². The van der Waals surface area contributed by atoms with Gasteiger partial charge in [0.15, 0.2) is 5.60 Å². The quantitative estimate of drug-likeness (QED) is 0.672. The van der Waals surface area contributed by atoms with E-state index in [9.17, 15) is 0 Å². The van der Waals surface area contributed by atoms with Crippen molar-refractivity contribution >= 4 is 5.90 Å². The van der Waals surface area contributed by atoms with Crippen molar-refractivity contribution in [2.45, 2.75) is 64.2 Å². The van der Waals surface area contributed by atoms with Gasteiger partial charge in [-0.2, -0.15) is 0 Å². The van der Waals surface area contributed by atoms with E-state index in [0.29, 0.717) is 6.61 Å². The molecular formula is C12H21NO2. The Morgan fingerprint density at radius 2 is 1.80 bits per heavy atom. The highest BCUT2D eigenvalue weighted by Gasteiger charge is 2.69. The summed E-state index contributed by atoms with van der Waals surface area (Å²) in [5.74, 6) is 0.802. The highest BCUT2D eigenvalue weighted by atomic mass is 16.7. The summed E-state index contributed by atoms with van der Waals surface area (Å²) in [5.41, 5.74) is -0.395. The molecule has 1 saturated heterocycles. The SMILES string of the molecule is CCC1(CC)OC1(C)C1=NC(C)(C)CO1. The predicted octanol–water partition coefficient (Wildman–Crippen LogP) is 2.54. The molecule has 3 nitrogen and oxygen atoms in total. The Labute approximate surface area is 91.9 Å². The normalized spacial score (nSPS) is 35.9. The van der Waals surface area contributed by atoms with Gasteiger partial charge < -0.3 is 9.47 Å². The summed E-state index contributed by atoms with van der Waals surface area (Å²) in [6, 6.07) is 0. The van der Waals surface area contributed by atoms with Crippen LogP contribution in [0.1, 0.15) is 47.5 Å². The first kappa shape index (κ1) is 10.9. The monoisotopic (exact) mass is 211 g/mol. The molecule has 0 aliphatic carbocycles. The summed E-state index contributed by atoms with van der Waals surface area (Å²) in [7, 11) is 0. The van der Waals surface area contributed by atoms with E-state index < -0.39 is 0 Å². The van der Waals surface area contributed by atoms with E-state index in [1.807, 2.05) is 0 Å². The topological polar surface area (TPSA) is 34.1 Å². The van der Waals surface area contributed by atoms with E-state index in [0.717, 1.165) is 18.7 Å². The van der Waals surface area contributed by atoms with Gasteiger partial charge in [-0.1, -0.05) is 13.8 Å². The Balaban J connectivity index is 2.21. The first-order chi connectivity index (χ1) is 6.89. The van der Waals surface area contributed by atoms with Crippen LogP contribution in [-0.2, 0) is 9.47 Å². The average Bonchev–Trinajstić information content (AvgIpc) is 2.64. The van der Waals surface area contributed by atoms with E-state index in [-0.39, 0.29) is 16.7 Å². The molecule has 0 aromatic carbocycles. The molecule has 0 radical (unpaired) electrons. The second-order valence-corrected chi connectivity index (χ2v) is 5.35. The van der Waals surface area contributed by atoms with Gasteiger partial charge in [0.2, 0.25) is 5.90 Å². The van der Waals surface area contributed by atoms with Crippen molar-refractivity contribution in [3.05, 3.63) is 0 Å². The number of ether oxygens (including phenoxy) is 2. The zero-order chi connectivity index (χ0) is 11.3. The zero-order valence-corrected chi connectivity index (χ0v) is 10.4. The van der Waals surface area contributed by atoms with E-state index >= 15 is 0 Å². The molecule has 2 aliphatic rings. The molecule has 0 aromatic rings. The summed E-state index contributed by atoms with van der Waals surface area (Å²) >= 11 is 0. The first-order valence-electron chi connectivity index (χ1n) is 5.82. The molecule has 2 rings (SSSR count). The highest BCUT2D eigenvalue weighted by molar-refractivity contribution is 5.91. The summed E-state index contributed by atoms with van der Waals surface area (Å²) in [6.07, 6.45) is 2.03.